The van der Waals surface area contributed by atoms with Gasteiger partial charge < -0.3 is 14.5 Å². The van der Waals surface area contributed by atoms with Crippen molar-refractivity contribution in [1.82, 2.24) is 19.4 Å². The number of imidazole rings is 1. The average molecular weight is 328 g/mol. The molecule has 0 unspecified atom stereocenters. The maximum Gasteiger partial charge on any atom is 0.222 e. The van der Waals surface area contributed by atoms with Gasteiger partial charge in [-0.15, -0.1) is 0 Å². The van der Waals surface area contributed by atoms with E-state index in [1.807, 2.05) is 47.6 Å². The van der Waals surface area contributed by atoms with Crippen molar-refractivity contribution in [3.8, 4) is 0 Å². The zero-order chi connectivity index (χ0) is 16.1. The Morgan fingerprint density at radius 1 is 1.35 bits per heavy atom. The van der Waals surface area contributed by atoms with Gasteiger partial charge in [0.1, 0.15) is 5.82 Å². The highest BCUT2D eigenvalue weighted by molar-refractivity contribution is 7.07. The minimum absolute atomic E-state index is 0.0474. The first-order valence-electron chi connectivity index (χ1n) is 7.63. The van der Waals surface area contributed by atoms with E-state index in [-0.39, 0.29) is 11.9 Å². The van der Waals surface area contributed by atoms with Crippen molar-refractivity contribution in [2.24, 2.45) is 0 Å². The fourth-order valence-corrected chi connectivity index (χ4v) is 3.33. The molecule has 3 aromatic heterocycles. The highest BCUT2D eigenvalue weighted by Crippen LogP contribution is 2.24. The van der Waals surface area contributed by atoms with Crippen LogP contribution in [0.3, 0.4) is 0 Å². The van der Waals surface area contributed by atoms with Crippen LogP contribution >= 0.6 is 11.3 Å². The van der Waals surface area contributed by atoms with Crippen molar-refractivity contribution < 1.29 is 4.79 Å². The zero-order valence-electron chi connectivity index (χ0n) is 13.1. The molecule has 1 atom stereocenters. The maximum absolute atomic E-state index is 12.3. The molecule has 0 radical (unpaired) electrons. The molecule has 23 heavy (non-hydrogen) atoms. The van der Waals surface area contributed by atoms with Gasteiger partial charge in [-0.3, -0.25) is 4.79 Å². The molecule has 0 saturated heterocycles. The lowest BCUT2D eigenvalue weighted by molar-refractivity contribution is -0.121. The monoisotopic (exact) mass is 328 g/mol. The highest BCUT2D eigenvalue weighted by atomic mass is 32.1. The van der Waals surface area contributed by atoms with E-state index in [0.29, 0.717) is 13.0 Å². The number of aromatic nitrogens is 3. The molecular weight excluding hydrogens is 308 g/mol. The first kappa shape index (κ1) is 15.6. The number of rotatable bonds is 7. The number of thiophene rings is 1. The van der Waals surface area contributed by atoms with E-state index in [2.05, 4.69) is 26.3 Å². The number of carbonyl (C=O) groups is 1. The molecule has 120 valence electrons. The van der Waals surface area contributed by atoms with Gasteiger partial charge in [0.05, 0.1) is 12.5 Å². The van der Waals surface area contributed by atoms with Crippen LogP contribution in [0.4, 0.5) is 0 Å². The van der Waals surface area contributed by atoms with Crippen molar-refractivity contribution >= 4 is 17.2 Å². The van der Waals surface area contributed by atoms with E-state index < -0.39 is 0 Å². The normalized spacial score (nSPS) is 12.2. The van der Waals surface area contributed by atoms with Crippen LogP contribution in [-0.4, -0.2) is 26.6 Å². The Labute approximate surface area is 139 Å². The number of nitrogens with zero attached hydrogens (tertiary/aromatic N) is 3. The lowest BCUT2D eigenvalue weighted by Crippen LogP contribution is -2.29. The minimum atomic E-state index is 0.0474. The lowest BCUT2D eigenvalue weighted by Gasteiger charge is -2.18. The molecule has 3 aromatic rings. The molecule has 0 fully saturated rings. The fraction of sp³-hybridized carbons (Fsp3) is 0.294. The van der Waals surface area contributed by atoms with Gasteiger partial charge in [0.25, 0.3) is 0 Å². The molecule has 6 heteroatoms. The van der Waals surface area contributed by atoms with Crippen LogP contribution < -0.4 is 5.32 Å². The molecule has 1 amide bonds. The Morgan fingerprint density at radius 3 is 2.83 bits per heavy atom. The molecule has 0 spiro atoms. The van der Waals surface area contributed by atoms with Crippen molar-refractivity contribution in [3.63, 3.8) is 0 Å². The fourth-order valence-electron chi connectivity index (χ4n) is 2.62. The van der Waals surface area contributed by atoms with Gasteiger partial charge in [-0.25, -0.2) is 4.98 Å². The van der Waals surface area contributed by atoms with Gasteiger partial charge in [-0.05, 0) is 41.4 Å². The smallest absolute Gasteiger partial charge is 0.222 e. The van der Waals surface area contributed by atoms with E-state index in [0.717, 1.165) is 12.4 Å². The Balaban J connectivity index is 1.57. The summed E-state index contributed by atoms with van der Waals surface area (Å²) in [6, 6.07) is 6.10. The summed E-state index contributed by atoms with van der Waals surface area (Å²) in [7, 11) is 0. The van der Waals surface area contributed by atoms with Crippen LogP contribution in [0.1, 0.15) is 23.9 Å². The van der Waals surface area contributed by atoms with E-state index in [9.17, 15) is 4.79 Å². The predicted molar refractivity (Wildman–Crippen MR) is 91.5 cm³/mol. The van der Waals surface area contributed by atoms with Gasteiger partial charge in [0.15, 0.2) is 0 Å². The van der Waals surface area contributed by atoms with Crippen LogP contribution in [0.15, 0.2) is 53.7 Å². The molecule has 3 rings (SSSR count). The third-order valence-corrected chi connectivity index (χ3v) is 4.59. The molecule has 0 aliphatic heterocycles. The standard InChI is InChI=1S/C17H20N4OS/c1-14-18-5-9-20(14)10-6-19-17(22)12-16(15-4-11-23-13-15)21-7-2-3-8-21/h2-5,7-9,11,13,16H,6,10,12H2,1H3,(H,19,22)/t16-/m0/s1. The van der Waals surface area contributed by atoms with Crippen molar-refractivity contribution in [2.75, 3.05) is 6.54 Å². The summed E-state index contributed by atoms with van der Waals surface area (Å²) in [5, 5.41) is 7.16. The van der Waals surface area contributed by atoms with E-state index >= 15 is 0 Å². The molecule has 3 heterocycles. The SMILES string of the molecule is Cc1nccn1CCNC(=O)C[C@@H](c1ccsc1)n1cccc1. The predicted octanol–water partition coefficient (Wildman–Crippen LogP) is 2.85. The first-order valence-corrected chi connectivity index (χ1v) is 8.57. The Morgan fingerprint density at radius 2 is 2.17 bits per heavy atom. The number of carbonyl (C=O) groups excluding carboxylic acids is 1. The average Bonchev–Trinajstić information content (AvgIpc) is 3.28. The first-order chi connectivity index (χ1) is 11.2. The second kappa shape index (κ2) is 7.28. The molecule has 0 saturated carbocycles. The highest BCUT2D eigenvalue weighted by Gasteiger charge is 2.17. The van der Waals surface area contributed by atoms with Crippen LogP contribution in [0.2, 0.25) is 0 Å². The van der Waals surface area contributed by atoms with Gasteiger partial charge in [-0.1, -0.05) is 0 Å². The minimum Gasteiger partial charge on any atom is -0.354 e. The summed E-state index contributed by atoms with van der Waals surface area (Å²) in [5.41, 5.74) is 1.17. The summed E-state index contributed by atoms with van der Waals surface area (Å²) >= 11 is 1.65. The van der Waals surface area contributed by atoms with E-state index in [1.165, 1.54) is 5.56 Å². The number of hydrogen-bond donors (Lipinski definition) is 1. The molecule has 0 aromatic carbocycles. The molecule has 0 aliphatic carbocycles. The van der Waals surface area contributed by atoms with Gasteiger partial charge in [-0.2, -0.15) is 11.3 Å². The summed E-state index contributed by atoms with van der Waals surface area (Å²) in [6.45, 7) is 3.31. The van der Waals surface area contributed by atoms with Gasteiger partial charge >= 0.3 is 0 Å². The number of aryl methyl sites for hydroxylation is 1. The van der Waals surface area contributed by atoms with E-state index in [1.54, 1.807) is 17.5 Å². The number of hydrogen-bond acceptors (Lipinski definition) is 3. The number of nitrogens with one attached hydrogen (secondary N) is 1. The largest absolute Gasteiger partial charge is 0.354 e. The van der Waals surface area contributed by atoms with Crippen LogP contribution in [-0.2, 0) is 11.3 Å². The summed E-state index contributed by atoms with van der Waals surface area (Å²) in [6.07, 6.45) is 8.15. The van der Waals surface area contributed by atoms with Crippen LogP contribution in [0.5, 0.6) is 0 Å². The van der Waals surface area contributed by atoms with Gasteiger partial charge in [0, 0.05) is 37.9 Å². The Hall–Kier alpha value is -2.34. The Bertz CT molecular complexity index is 696. The third kappa shape index (κ3) is 3.90. The summed E-state index contributed by atoms with van der Waals surface area (Å²) in [4.78, 5) is 16.5. The molecule has 5 nitrogen and oxygen atoms in total. The van der Waals surface area contributed by atoms with Crippen LogP contribution in [0, 0.1) is 6.92 Å². The summed E-state index contributed by atoms with van der Waals surface area (Å²) in [5.74, 6) is 1.02. The quantitative estimate of drug-likeness (QED) is 0.725. The zero-order valence-corrected chi connectivity index (χ0v) is 13.9. The molecule has 0 aliphatic rings. The number of amides is 1. The van der Waals surface area contributed by atoms with Crippen molar-refractivity contribution in [1.29, 1.82) is 0 Å². The molecular formula is C17H20N4OS. The second-order valence-electron chi connectivity index (χ2n) is 5.42. The second-order valence-corrected chi connectivity index (χ2v) is 6.20. The van der Waals surface area contributed by atoms with Gasteiger partial charge in [0.2, 0.25) is 5.91 Å². The third-order valence-electron chi connectivity index (χ3n) is 3.89. The van der Waals surface area contributed by atoms with Crippen molar-refractivity contribution in [2.45, 2.75) is 25.9 Å². The molecule has 0 bridgehead atoms. The van der Waals surface area contributed by atoms with Crippen molar-refractivity contribution in [3.05, 3.63) is 65.1 Å². The Kier molecular flexibility index (Phi) is 4.92. The summed E-state index contributed by atoms with van der Waals surface area (Å²) < 4.78 is 4.12. The maximum atomic E-state index is 12.3. The van der Waals surface area contributed by atoms with Crippen LogP contribution in [0.25, 0.3) is 0 Å². The van der Waals surface area contributed by atoms with E-state index in [4.69, 9.17) is 0 Å². The topological polar surface area (TPSA) is 51.9 Å². The molecule has 1 N–H and O–H groups in total. The lowest BCUT2D eigenvalue weighted by atomic mass is 10.1.